The lowest BCUT2D eigenvalue weighted by Crippen LogP contribution is -2.06. The van der Waals surface area contributed by atoms with E-state index >= 15 is 0 Å². The van der Waals surface area contributed by atoms with Gasteiger partial charge in [-0.15, -0.1) is 0 Å². The maximum Gasteiger partial charge on any atom is 0.337 e. The zero-order chi connectivity index (χ0) is 12.3. The van der Waals surface area contributed by atoms with Crippen molar-refractivity contribution in [1.82, 2.24) is 9.97 Å². The minimum absolute atomic E-state index is 0.199. The van der Waals surface area contributed by atoms with E-state index in [-0.39, 0.29) is 5.56 Å². The van der Waals surface area contributed by atoms with Crippen LogP contribution in [0, 0.1) is 0 Å². The summed E-state index contributed by atoms with van der Waals surface area (Å²) in [7, 11) is 0. The lowest BCUT2D eigenvalue weighted by molar-refractivity contribution is 0.0699. The standard InChI is InChI=1S/C12H13N3O2/c1-2-6-13-12-14-7-8-4-3-5-9(11(16)17)10(8)15-12/h3-5,7H,2,6H2,1H3,(H,16,17)(H,13,14,15). The summed E-state index contributed by atoms with van der Waals surface area (Å²) in [5.41, 5.74) is 0.665. The van der Waals surface area contributed by atoms with Crippen molar-refractivity contribution >= 4 is 22.8 Å². The molecule has 2 N–H and O–H groups in total. The van der Waals surface area contributed by atoms with Crippen molar-refractivity contribution in [2.24, 2.45) is 0 Å². The number of hydrogen-bond donors (Lipinski definition) is 2. The van der Waals surface area contributed by atoms with Crippen LogP contribution in [-0.2, 0) is 0 Å². The number of carboxylic acid groups (broad SMARTS) is 1. The quantitative estimate of drug-likeness (QED) is 0.843. The molecule has 0 bridgehead atoms. The molecule has 2 aromatic rings. The number of anilines is 1. The number of nitrogens with zero attached hydrogens (tertiary/aromatic N) is 2. The van der Waals surface area contributed by atoms with E-state index in [0.717, 1.165) is 18.4 Å². The number of aromatic carboxylic acids is 1. The Kier molecular flexibility index (Phi) is 3.18. The first-order valence-electron chi connectivity index (χ1n) is 5.45. The van der Waals surface area contributed by atoms with Crippen LogP contribution < -0.4 is 5.32 Å². The van der Waals surface area contributed by atoms with Crippen molar-refractivity contribution in [1.29, 1.82) is 0 Å². The van der Waals surface area contributed by atoms with E-state index in [2.05, 4.69) is 15.3 Å². The van der Waals surface area contributed by atoms with Crippen molar-refractivity contribution in [3.05, 3.63) is 30.0 Å². The van der Waals surface area contributed by atoms with Gasteiger partial charge in [0.1, 0.15) is 0 Å². The molecule has 0 aliphatic carbocycles. The van der Waals surface area contributed by atoms with Gasteiger partial charge in [-0.25, -0.2) is 14.8 Å². The number of carbonyl (C=O) groups is 1. The Morgan fingerprint density at radius 1 is 1.47 bits per heavy atom. The van der Waals surface area contributed by atoms with Gasteiger partial charge in [0.05, 0.1) is 11.1 Å². The molecule has 0 saturated heterocycles. The van der Waals surface area contributed by atoms with Gasteiger partial charge in [0, 0.05) is 18.1 Å². The minimum atomic E-state index is -0.976. The molecule has 0 spiro atoms. The number of benzene rings is 1. The molecule has 0 saturated carbocycles. The van der Waals surface area contributed by atoms with Crippen LogP contribution >= 0.6 is 0 Å². The number of hydrogen-bond acceptors (Lipinski definition) is 4. The summed E-state index contributed by atoms with van der Waals surface area (Å²) in [4.78, 5) is 19.4. The van der Waals surface area contributed by atoms with Crippen molar-refractivity contribution in [2.45, 2.75) is 13.3 Å². The van der Waals surface area contributed by atoms with E-state index in [4.69, 9.17) is 5.11 Å². The number of nitrogens with one attached hydrogen (secondary N) is 1. The zero-order valence-corrected chi connectivity index (χ0v) is 9.47. The molecule has 0 radical (unpaired) electrons. The highest BCUT2D eigenvalue weighted by molar-refractivity contribution is 6.01. The second-order valence-electron chi connectivity index (χ2n) is 3.67. The average molecular weight is 231 g/mol. The fourth-order valence-electron chi connectivity index (χ4n) is 1.55. The van der Waals surface area contributed by atoms with E-state index in [1.807, 2.05) is 6.92 Å². The first kappa shape index (κ1) is 11.3. The van der Waals surface area contributed by atoms with E-state index in [9.17, 15) is 4.79 Å². The van der Waals surface area contributed by atoms with Gasteiger partial charge in [-0.1, -0.05) is 19.1 Å². The van der Waals surface area contributed by atoms with E-state index < -0.39 is 5.97 Å². The van der Waals surface area contributed by atoms with Crippen molar-refractivity contribution in [2.75, 3.05) is 11.9 Å². The molecule has 0 aliphatic heterocycles. The second kappa shape index (κ2) is 4.78. The third kappa shape index (κ3) is 2.33. The van der Waals surface area contributed by atoms with Crippen LogP contribution in [0.5, 0.6) is 0 Å². The topological polar surface area (TPSA) is 75.1 Å². The Bertz CT molecular complexity index is 554. The Hall–Kier alpha value is -2.17. The lowest BCUT2D eigenvalue weighted by Gasteiger charge is -2.05. The molecule has 88 valence electrons. The van der Waals surface area contributed by atoms with Crippen LogP contribution in [-0.4, -0.2) is 27.6 Å². The first-order valence-corrected chi connectivity index (χ1v) is 5.45. The molecule has 17 heavy (non-hydrogen) atoms. The molecule has 0 fully saturated rings. The highest BCUT2D eigenvalue weighted by Crippen LogP contribution is 2.17. The van der Waals surface area contributed by atoms with Crippen molar-refractivity contribution in [3.8, 4) is 0 Å². The summed E-state index contributed by atoms with van der Waals surface area (Å²) < 4.78 is 0. The largest absolute Gasteiger partial charge is 0.478 e. The SMILES string of the molecule is CCCNc1ncc2cccc(C(=O)O)c2n1. The lowest BCUT2D eigenvalue weighted by atomic mass is 10.1. The second-order valence-corrected chi connectivity index (χ2v) is 3.67. The van der Waals surface area contributed by atoms with Crippen LogP contribution in [0.2, 0.25) is 0 Å². The summed E-state index contributed by atoms with van der Waals surface area (Å²) >= 11 is 0. The summed E-state index contributed by atoms with van der Waals surface area (Å²) in [6.07, 6.45) is 2.59. The van der Waals surface area contributed by atoms with Crippen molar-refractivity contribution < 1.29 is 9.90 Å². The van der Waals surface area contributed by atoms with E-state index in [1.54, 1.807) is 24.4 Å². The van der Waals surface area contributed by atoms with Gasteiger partial charge in [-0.3, -0.25) is 0 Å². The molecule has 0 aliphatic rings. The van der Waals surface area contributed by atoms with Gasteiger partial charge >= 0.3 is 5.97 Å². The highest BCUT2D eigenvalue weighted by Gasteiger charge is 2.10. The fraction of sp³-hybridized carbons (Fsp3) is 0.250. The summed E-state index contributed by atoms with van der Waals surface area (Å²) in [6, 6.07) is 5.03. The van der Waals surface area contributed by atoms with Gasteiger partial charge in [-0.05, 0) is 12.5 Å². The fourth-order valence-corrected chi connectivity index (χ4v) is 1.55. The summed E-state index contributed by atoms with van der Waals surface area (Å²) in [5, 5.41) is 12.8. The van der Waals surface area contributed by atoms with Crippen LogP contribution in [0.1, 0.15) is 23.7 Å². The monoisotopic (exact) mass is 231 g/mol. The molecule has 0 unspecified atom stereocenters. The molecule has 1 aromatic heterocycles. The molecule has 0 atom stereocenters. The summed E-state index contributed by atoms with van der Waals surface area (Å²) in [5.74, 6) is -0.510. The first-order chi connectivity index (χ1) is 8.22. The summed E-state index contributed by atoms with van der Waals surface area (Å²) in [6.45, 7) is 2.80. The van der Waals surface area contributed by atoms with Crippen molar-refractivity contribution in [3.63, 3.8) is 0 Å². The highest BCUT2D eigenvalue weighted by atomic mass is 16.4. The number of para-hydroxylation sites is 1. The smallest absolute Gasteiger partial charge is 0.337 e. The van der Waals surface area contributed by atoms with Crippen LogP contribution in [0.4, 0.5) is 5.95 Å². The van der Waals surface area contributed by atoms with Gasteiger partial charge in [-0.2, -0.15) is 0 Å². The molecule has 5 nitrogen and oxygen atoms in total. The van der Waals surface area contributed by atoms with Crippen LogP contribution in [0.3, 0.4) is 0 Å². The van der Waals surface area contributed by atoms with Gasteiger partial charge in [0.2, 0.25) is 5.95 Å². The van der Waals surface area contributed by atoms with E-state index in [0.29, 0.717) is 11.5 Å². The number of carboxylic acids is 1. The van der Waals surface area contributed by atoms with Gasteiger partial charge in [0.25, 0.3) is 0 Å². The molecule has 1 aromatic carbocycles. The average Bonchev–Trinajstić information content (AvgIpc) is 2.35. The molecular weight excluding hydrogens is 218 g/mol. The maximum absolute atomic E-state index is 11.1. The van der Waals surface area contributed by atoms with E-state index in [1.165, 1.54) is 0 Å². The molecule has 2 rings (SSSR count). The normalized spacial score (nSPS) is 10.4. The van der Waals surface area contributed by atoms with Gasteiger partial charge < -0.3 is 10.4 Å². The Morgan fingerprint density at radius 2 is 2.29 bits per heavy atom. The number of fused-ring (bicyclic) bond motifs is 1. The molecular formula is C12H13N3O2. The number of rotatable bonds is 4. The maximum atomic E-state index is 11.1. The Balaban J connectivity index is 2.50. The number of aromatic nitrogens is 2. The Labute approximate surface area is 98.5 Å². The predicted molar refractivity (Wildman–Crippen MR) is 65.3 cm³/mol. The molecule has 5 heteroatoms. The molecule has 0 amide bonds. The van der Waals surface area contributed by atoms with Gasteiger partial charge in [0.15, 0.2) is 0 Å². The third-order valence-corrected chi connectivity index (χ3v) is 2.37. The third-order valence-electron chi connectivity index (χ3n) is 2.37. The van der Waals surface area contributed by atoms with Crippen LogP contribution in [0.15, 0.2) is 24.4 Å². The Morgan fingerprint density at radius 3 is 3.00 bits per heavy atom. The predicted octanol–water partition coefficient (Wildman–Crippen LogP) is 2.15. The molecule has 1 heterocycles. The minimum Gasteiger partial charge on any atom is -0.478 e. The van der Waals surface area contributed by atoms with Crippen LogP contribution in [0.25, 0.3) is 10.9 Å². The zero-order valence-electron chi connectivity index (χ0n) is 9.47.